The van der Waals surface area contributed by atoms with Gasteiger partial charge in [-0.3, -0.25) is 0 Å². The van der Waals surface area contributed by atoms with Gasteiger partial charge in [-0.15, -0.1) is 0 Å². The molecule has 2 heterocycles. The smallest absolute Gasteiger partial charge is 0.254 e. The maximum absolute atomic E-state index is 5.05. The molecule has 2 aromatic rings. The van der Waals surface area contributed by atoms with E-state index in [1.165, 1.54) is 6.33 Å². The summed E-state index contributed by atoms with van der Waals surface area (Å²) in [5.41, 5.74) is 0.953. The lowest BCUT2D eigenvalue weighted by Gasteiger charge is -2.19. The summed E-state index contributed by atoms with van der Waals surface area (Å²) in [6, 6.07) is 2.03. The molecule has 6 nitrogen and oxygen atoms in total. The minimum Gasteiger partial charge on any atom is -0.385 e. The van der Waals surface area contributed by atoms with Crippen LogP contribution >= 0.6 is 0 Å². The van der Waals surface area contributed by atoms with Crippen molar-refractivity contribution < 1.29 is 4.74 Å². The van der Waals surface area contributed by atoms with Crippen LogP contribution in [0.1, 0.15) is 18.5 Å². The lowest BCUT2D eigenvalue weighted by atomic mass is 10.3. The molecule has 0 fully saturated rings. The van der Waals surface area contributed by atoms with Crippen LogP contribution in [-0.4, -0.2) is 46.9 Å². The minimum absolute atomic E-state index is 0.647. The van der Waals surface area contributed by atoms with Crippen LogP contribution in [0.5, 0.6) is 0 Å². The molecule has 0 bridgehead atoms. The van der Waals surface area contributed by atoms with Crippen molar-refractivity contribution in [2.45, 2.75) is 19.8 Å². The zero-order valence-corrected chi connectivity index (χ0v) is 11.1. The molecule has 0 atom stereocenters. The normalized spacial score (nSPS) is 11.1. The van der Waals surface area contributed by atoms with Crippen LogP contribution in [0.15, 0.2) is 12.4 Å². The molecule has 2 aromatic heterocycles. The van der Waals surface area contributed by atoms with Crippen molar-refractivity contribution in [1.82, 2.24) is 19.6 Å². The van der Waals surface area contributed by atoms with Crippen LogP contribution in [-0.2, 0) is 4.74 Å². The van der Waals surface area contributed by atoms with Crippen molar-refractivity contribution in [2.24, 2.45) is 0 Å². The summed E-state index contributed by atoms with van der Waals surface area (Å²) in [5.74, 6) is 1.67. The Hall–Kier alpha value is -1.69. The third-order valence-electron chi connectivity index (χ3n) is 2.84. The number of aromatic nitrogens is 4. The van der Waals surface area contributed by atoms with Gasteiger partial charge in [0.25, 0.3) is 5.78 Å². The zero-order chi connectivity index (χ0) is 13.0. The van der Waals surface area contributed by atoms with E-state index in [0.717, 1.165) is 37.5 Å². The molecule has 98 valence electrons. The van der Waals surface area contributed by atoms with Crippen molar-refractivity contribution >= 4 is 11.6 Å². The number of hydrogen-bond acceptors (Lipinski definition) is 5. The Bertz CT molecular complexity index is 510. The van der Waals surface area contributed by atoms with Gasteiger partial charge >= 0.3 is 0 Å². The fraction of sp³-hybridized carbons (Fsp3) is 0.583. The van der Waals surface area contributed by atoms with E-state index in [9.17, 15) is 0 Å². The number of methoxy groups -OCH3 is 1. The average Bonchev–Trinajstić information content (AvgIpc) is 2.81. The SMILES string of the molecule is COCCCCN(C)c1cc(C)nc2ncnn12. The van der Waals surface area contributed by atoms with Crippen molar-refractivity contribution in [3.8, 4) is 0 Å². The van der Waals surface area contributed by atoms with Crippen LogP contribution < -0.4 is 4.90 Å². The molecule has 6 heteroatoms. The molecule has 0 saturated carbocycles. The molecule has 0 aliphatic rings. The topological polar surface area (TPSA) is 55.5 Å². The molecule has 0 aromatic carbocycles. The van der Waals surface area contributed by atoms with Crippen molar-refractivity contribution in [2.75, 3.05) is 32.2 Å². The van der Waals surface area contributed by atoms with E-state index in [1.807, 2.05) is 13.0 Å². The molecule has 0 aliphatic heterocycles. The molecule has 18 heavy (non-hydrogen) atoms. The van der Waals surface area contributed by atoms with E-state index in [-0.39, 0.29) is 0 Å². The van der Waals surface area contributed by atoms with Gasteiger partial charge in [-0.25, -0.2) is 4.98 Å². The van der Waals surface area contributed by atoms with Gasteiger partial charge in [0.1, 0.15) is 12.1 Å². The van der Waals surface area contributed by atoms with E-state index < -0.39 is 0 Å². The van der Waals surface area contributed by atoms with Crippen LogP contribution in [0, 0.1) is 6.92 Å². The molecule has 0 amide bonds. The van der Waals surface area contributed by atoms with Crippen LogP contribution in [0.4, 0.5) is 5.82 Å². The number of unbranched alkanes of at least 4 members (excludes halogenated alkanes) is 1. The molecule has 0 aliphatic carbocycles. The summed E-state index contributed by atoms with van der Waals surface area (Å²) in [4.78, 5) is 10.6. The van der Waals surface area contributed by atoms with Crippen LogP contribution in [0.2, 0.25) is 0 Å². The highest BCUT2D eigenvalue weighted by atomic mass is 16.5. The largest absolute Gasteiger partial charge is 0.385 e. The number of nitrogens with zero attached hydrogens (tertiary/aromatic N) is 5. The predicted octanol–water partition coefficient (Wildman–Crippen LogP) is 1.30. The van der Waals surface area contributed by atoms with E-state index in [1.54, 1.807) is 11.6 Å². The second-order valence-corrected chi connectivity index (χ2v) is 4.35. The Labute approximate surface area is 107 Å². The molecule has 0 saturated heterocycles. The Morgan fingerprint density at radius 2 is 2.22 bits per heavy atom. The first kappa shape index (κ1) is 12.8. The molecule has 0 spiro atoms. The van der Waals surface area contributed by atoms with E-state index >= 15 is 0 Å². The number of ether oxygens (including phenoxy) is 1. The summed E-state index contributed by atoms with van der Waals surface area (Å²) in [7, 11) is 3.79. The summed E-state index contributed by atoms with van der Waals surface area (Å²) >= 11 is 0. The Morgan fingerprint density at radius 1 is 1.39 bits per heavy atom. The highest BCUT2D eigenvalue weighted by Crippen LogP contribution is 2.14. The summed E-state index contributed by atoms with van der Waals surface area (Å²) in [6.45, 7) is 3.74. The van der Waals surface area contributed by atoms with Gasteiger partial charge in [0.15, 0.2) is 0 Å². The molecular weight excluding hydrogens is 230 g/mol. The summed E-state index contributed by atoms with van der Waals surface area (Å²) in [5, 5.41) is 4.20. The highest BCUT2D eigenvalue weighted by Gasteiger charge is 2.09. The third kappa shape index (κ3) is 2.76. The molecule has 0 radical (unpaired) electrons. The predicted molar refractivity (Wildman–Crippen MR) is 69.9 cm³/mol. The average molecular weight is 249 g/mol. The third-order valence-corrected chi connectivity index (χ3v) is 2.84. The maximum Gasteiger partial charge on any atom is 0.254 e. The maximum atomic E-state index is 5.05. The van der Waals surface area contributed by atoms with E-state index in [4.69, 9.17) is 4.74 Å². The Morgan fingerprint density at radius 3 is 3.00 bits per heavy atom. The number of anilines is 1. The number of rotatable bonds is 6. The number of fused-ring (bicyclic) bond motifs is 1. The number of hydrogen-bond donors (Lipinski definition) is 0. The molecule has 0 N–H and O–H groups in total. The van der Waals surface area contributed by atoms with Gasteiger partial charge in [-0.05, 0) is 19.8 Å². The minimum atomic E-state index is 0.647. The summed E-state index contributed by atoms with van der Waals surface area (Å²) in [6.07, 6.45) is 3.68. The fourth-order valence-electron chi connectivity index (χ4n) is 1.89. The van der Waals surface area contributed by atoms with Crippen molar-refractivity contribution in [3.05, 3.63) is 18.1 Å². The first-order valence-corrected chi connectivity index (χ1v) is 6.10. The lowest BCUT2D eigenvalue weighted by Crippen LogP contribution is -2.22. The van der Waals surface area contributed by atoms with Gasteiger partial charge in [-0.1, -0.05) is 0 Å². The molecule has 2 rings (SSSR count). The zero-order valence-electron chi connectivity index (χ0n) is 11.1. The van der Waals surface area contributed by atoms with Gasteiger partial charge < -0.3 is 9.64 Å². The van der Waals surface area contributed by atoms with Gasteiger partial charge in [0.2, 0.25) is 0 Å². The Balaban J connectivity index is 2.11. The van der Waals surface area contributed by atoms with Crippen LogP contribution in [0.25, 0.3) is 5.78 Å². The first-order valence-electron chi connectivity index (χ1n) is 6.10. The second kappa shape index (κ2) is 5.77. The van der Waals surface area contributed by atoms with Crippen molar-refractivity contribution in [1.29, 1.82) is 0 Å². The monoisotopic (exact) mass is 249 g/mol. The molecule has 0 unspecified atom stereocenters. The van der Waals surface area contributed by atoms with Gasteiger partial charge in [0.05, 0.1) is 0 Å². The quantitative estimate of drug-likeness (QED) is 0.722. The van der Waals surface area contributed by atoms with Crippen molar-refractivity contribution in [3.63, 3.8) is 0 Å². The standard InChI is InChI=1S/C12H19N5O/c1-10-8-11(16(2)6-4-5-7-18-3)17-12(15-10)13-9-14-17/h8-9H,4-7H2,1-3H3. The van der Waals surface area contributed by atoms with E-state index in [2.05, 4.69) is 27.0 Å². The van der Waals surface area contributed by atoms with Gasteiger partial charge in [-0.2, -0.15) is 14.6 Å². The fourth-order valence-corrected chi connectivity index (χ4v) is 1.89. The van der Waals surface area contributed by atoms with E-state index in [0.29, 0.717) is 5.78 Å². The lowest BCUT2D eigenvalue weighted by molar-refractivity contribution is 0.193. The number of aryl methyl sites for hydroxylation is 1. The second-order valence-electron chi connectivity index (χ2n) is 4.35. The Kier molecular flexibility index (Phi) is 4.09. The van der Waals surface area contributed by atoms with Gasteiger partial charge in [0, 0.05) is 39.1 Å². The molecular formula is C12H19N5O. The summed E-state index contributed by atoms with van der Waals surface area (Å²) < 4.78 is 6.82. The first-order chi connectivity index (χ1) is 8.72. The highest BCUT2D eigenvalue weighted by molar-refractivity contribution is 5.46. The van der Waals surface area contributed by atoms with Crippen LogP contribution in [0.3, 0.4) is 0 Å².